The number of hydrogen-bond acceptors (Lipinski definition) is 7. The van der Waals surface area contributed by atoms with Gasteiger partial charge in [-0.3, -0.25) is 19.4 Å². The first-order valence-electron chi connectivity index (χ1n) is 8.49. The molecule has 0 radical (unpaired) electrons. The molecule has 1 aliphatic rings. The van der Waals surface area contributed by atoms with Crippen LogP contribution in [0.3, 0.4) is 0 Å². The quantitative estimate of drug-likeness (QED) is 0.467. The molecule has 27 heavy (non-hydrogen) atoms. The Morgan fingerprint density at radius 2 is 2.04 bits per heavy atom. The van der Waals surface area contributed by atoms with Crippen molar-refractivity contribution >= 4 is 24.2 Å². The fourth-order valence-electron chi connectivity index (χ4n) is 2.68. The number of nitrogens with one attached hydrogen (secondary N) is 1. The summed E-state index contributed by atoms with van der Waals surface area (Å²) < 4.78 is 0. The second-order valence-electron chi connectivity index (χ2n) is 6.15. The highest BCUT2D eigenvalue weighted by atomic mass is 16.2. The lowest BCUT2D eigenvalue weighted by atomic mass is 10.0. The maximum absolute atomic E-state index is 12.2. The van der Waals surface area contributed by atoms with Crippen LogP contribution in [0.5, 0.6) is 0 Å². The third-order valence-corrected chi connectivity index (χ3v) is 4.10. The van der Waals surface area contributed by atoms with Crippen LogP contribution >= 0.6 is 0 Å². The SMILES string of the molecule is Cc1ccc(/C(N)=C/C=C(\N)NC(=O)CN2CCCC(C=O)=C2C=O)cn1. The predicted octanol–water partition coefficient (Wildman–Crippen LogP) is 0.354. The topological polar surface area (TPSA) is 131 Å². The van der Waals surface area contributed by atoms with Gasteiger partial charge in [0.05, 0.1) is 12.2 Å². The first-order chi connectivity index (χ1) is 12.9. The number of carbonyl (C=O) groups is 3. The Morgan fingerprint density at radius 1 is 1.26 bits per heavy atom. The molecule has 0 spiro atoms. The van der Waals surface area contributed by atoms with Gasteiger partial charge in [0.25, 0.3) is 0 Å². The van der Waals surface area contributed by atoms with E-state index in [4.69, 9.17) is 11.5 Å². The molecule has 0 atom stereocenters. The Morgan fingerprint density at radius 3 is 2.67 bits per heavy atom. The monoisotopic (exact) mass is 369 g/mol. The molecule has 0 fully saturated rings. The van der Waals surface area contributed by atoms with Crippen LogP contribution in [0, 0.1) is 6.92 Å². The summed E-state index contributed by atoms with van der Waals surface area (Å²) in [6, 6.07) is 3.68. The van der Waals surface area contributed by atoms with Crippen molar-refractivity contribution in [2.75, 3.05) is 13.1 Å². The number of pyridine rings is 1. The standard InChI is InChI=1S/C19H23N5O3/c1-13-4-5-14(9-22-13)16(20)6-7-18(21)23-19(27)10-24-8-2-3-15(11-25)17(24)12-26/h4-7,9,11-12H,2-3,8,10,20-21H2,1H3,(H,23,27)/b16-6-,18-7+. The smallest absolute Gasteiger partial charge is 0.244 e. The molecular formula is C19H23N5O3. The van der Waals surface area contributed by atoms with Gasteiger partial charge in [-0.2, -0.15) is 0 Å². The Bertz CT molecular complexity index is 809. The minimum Gasteiger partial charge on any atom is -0.398 e. The van der Waals surface area contributed by atoms with Gasteiger partial charge in [-0.15, -0.1) is 0 Å². The van der Waals surface area contributed by atoms with Crippen LogP contribution in [0.15, 0.2) is 47.6 Å². The van der Waals surface area contributed by atoms with E-state index in [2.05, 4.69) is 10.3 Å². The Balaban J connectivity index is 1.99. The van der Waals surface area contributed by atoms with Gasteiger partial charge in [-0.25, -0.2) is 0 Å². The van der Waals surface area contributed by atoms with Gasteiger partial charge in [0.15, 0.2) is 6.29 Å². The fourth-order valence-corrected chi connectivity index (χ4v) is 2.68. The van der Waals surface area contributed by atoms with Crippen molar-refractivity contribution in [2.24, 2.45) is 11.5 Å². The molecule has 142 valence electrons. The lowest BCUT2D eigenvalue weighted by Gasteiger charge is -2.28. The molecule has 0 saturated carbocycles. The molecule has 8 heteroatoms. The third-order valence-electron chi connectivity index (χ3n) is 4.10. The molecule has 1 amide bonds. The molecule has 1 aromatic rings. The summed E-state index contributed by atoms with van der Waals surface area (Å²) in [5.41, 5.74) is 14.5. The van der Waals surface area contributed by atoms with E-state index in [1.54, 1.807) is 17.2 Å². The number of carbonyl (C=O) groups excluding carboxylic acids is 3. The minimum absolute atomic E-state index is 0.0684. The van der Waals surface area contributed by atoms with Crippen molar-refractivity contribution in [3.8, 4) is 0 Å². The Labute approximate surface area is 157 Å². The maximum atomic E-state index is 12.2. The van der Waals surface area contributed by atoms with Crippen LogP contribution in [-0.4, -0.2) is 41.5 Å². The summed E-state index contributed by atoms with van der Waals surface area (Å²) in [5.74, 6) is -0.272. The van der Waals surface area contributed by atoms with Gasteiger partial charge in [0, 0.05) is 35.3 Å². The van der Waals surface area contributed by atoms with E-state index < -0.39 is 0 Å². The molecule has 0 aromatic carbocycles. The molecule has 2 heterocycles. The van der Waals surface area contributed by atoms with Gasteiger partial charge in [-0.05, 0) is 44.1 Å². The van der Waals surface area contributed by atoms with Crippen LogP contribution in [-0.2, 0) is 14.4 Å². The van der Waals surface area contributed by atoms with Gasteiger partial charge in [0.2, 0.25) is 5.91 Å². The van der Waals surface area contributed by atoms with E-state index in [0.29, 0.717) is 43.2 Å². The number of aryl methyl sites for hydroxylation is 1. The van der Waals surface area contributed by atoms with Gasteiger partial charge in [-0.1, -0.05) is 0 Å². The molecule has 0 aliphatic carbocycles. The number of amides is 1. The van der Waals surface area contributed by atoms with Gasteiger partial charge < -0.3 is 21.7 Å². The Kier molecular flexibility index (Phi) is 6.87. The van der Waals surface area contributed by atoms with E-state index in [-0.39, 0.29) is 24.0 Å². The second kappa shape index (κ2) is 9.33. The summed E-state index contributed by atoms with van der Waals surface area (Å²) in [6.07, 6.45) is 7.21. The maximum Gasteiger partial charge on any atom is 0.244 e. The molecule has 1 aromatic heterocycles. The average molecular weight is 369 g/mol. The fraction of sp³-hybridized carbons (Fsp3) is 0.263. The Hall–Kier alpha value is -3.42. The van der Waals surface area contributed by atoms with Crippen molar-refractivity contribution < 1.29 is 14.4 Å². The van der Waals surface area contributed by atoms with Crippen LogP contribution in [0.25, 0.3) is 5.70 Å². The molecule has 0 unspecified atom stereocenters. The average Bonchev–Trinajstić information content (AvgIpc) is 2.66. The summed E-state index contributed by atoms with van der Waals surface area (Å²) in [4.78, 5) is 40.2. The van der Waals surface area contributed by atoms with E-state index in [0.717, 1.165) is 11.3 Å². The molecule has 8 nitrogen and oxygen atoms in total. The zero-order chi connectivity index (χ0) is 19.8. The molecule has 2 rings (SSSR count). The number of allylic oxidation sites excluding steroid dienone is 4. The van der Waals surface area contributed by atoms with Crippen LogP contribution in [0.2, 0.25) is 0 Å². The minimum atomic E-state index is -0.390. The van der Waals surface area contributed by atoms with Crippen LogP contribution < -0.4 is 16.8 Å². The summed E-state index contributed by atoms with van der Waals surface area (Å²) in [5, 5.41) is 2.54. The van der Waals surface area contributed by atoms with Crippen molar-refractivity contribution in [3.63, 3.8) is 0 Å². The molecule has 0 bridgehead atoms. The van der Waals surface area contributed by atoms with E-state index in [1.165, 1.54) is 6.08 Å². The highest BCUT2D eigenvalue weighted by molar-refractivity contribution is 5.88. The molecule has 0 saturated heterocycles. The van der Waals surface area contributed by atoms with Crippen molar-refractivity contribution in [1.29, 1.82) is 0 Å². The number of aldehydes is 2. The van der Waals surface area contributed by atoms with Crippen molar-refractivity contribution in [2.45, 2.75) is 19.8 Å². The summed E-state index contributed by atoms with van der Waals surface area (Å²) >= 11 is 0. The summed E-state index contributed by atoms with van der Waals surface area (Å²) in [6.45, 7) is 2.33. The molecule has 1 aliphatic heterocycles. The number of rotatable bonds is 7. The van der Waals surface area contributed by atoms with E-state index in [1.807, 2.05) is 19.1 Å². The molecular weight excluding hydrogens is 346 g/mol. The number of hydrogen-bond donors (Lipinski definition) is 3. The highest BCUT2D eigenvalue weighted by Gasteiger charge is 2.21. The van der Waals surface area contributed by atoms with Gasteiger partial charge in [0.1, 0.15) is 12.1 Å². The lowest BCUT2D eigenvalue weighted by molar-refractivity contribution is -0.121. The van der Waals surface area contributed by atoms with E-state index >= 15 is 0 Å². The zero-order valence-electron chi connectivity index (χ0n) is 15.1. The highest BCUT2D eigenvalue weighted by Crippen LogP contribution is 2.19. The number of nitrogens with two attached hydrogens (primary N) is 2. The summed E-state index contributed by atoms with van der Waals surface area (Å²) in [7, 11) is 0. The first-order valence-corrected chi connectivity index (χ1v) is 8.49. The number of nitrogens with zero attached hydrogens (tertiary/aromatic N) is 2. The third kappa shape index (κ3) is 5.53. The largest absolute Gasteiger partial charge is 0.398 e. The zero-order valence-corrected chi connectivity index (χ0v) is 15.1. The van der Waals surface area contributed by atoms with Crippen molar-refractivity contribution in [3.05, 3.63) is 58.8 Å². The first kappa shape index (κ1) is 19.9. The van der Waals surface area contributed by atoms with E-state index in [9.17, 15) is 14.4 Å². The normalized spacial score (nSPS) is 15.5. The van der Waals surface area contributed by atoms with Crippen LogP contribution in [0.1, 0.15) is 24.1 Å². The predicted molar refractivity (Wildman–Crippen MR) is 102 cm³/mol. The lowest BCUT2D eigenvalue weighted by Crippen LogP contribution is -2.40. The van der Waals surface area contributed by atoms with Gasteiger partial charge >= 0.3 is 0 Å². The molecule has 5 N–H and O–H groups in total. The number of aromatic nitrogens is 1. The van der Waals surface area contributed by atoms with Crippen LogP contribution in [0.4, 0.5) is 0 Å². The second-order valence-corrected chi connectivity index (χ2v) is 6.15. The van der Waals surface area contributed by atoms with Crippen molar-refractivity contribution in [1.82, 2.24) is 15.2 Å².